The lowest BCUT2D eigenvalue weighted by molar-refractivity contribution is 0.547. The lowest BCUT2D eigenvalue weighted by Crippen LogP contribution is -2.21. The number of rotatable bonds is 1. The molecule has 2 aliphatic rings. The molecule has 0 radical (unpaired) electrons. The fraction of sp³-hybridized carbons (Fsp3) is 0.462. The van der Waals surface area contributed by atoms with Gasteiger partial charge < -0.3 is 4.90 Å². The van der Waals surface area contributed by atoms with Crippen molar-refractivity contribution in [3.05, 3.63) is 36.5 Å². The summed E-state index contributed by atoms with van der Waals surface area (Å²) in [6.07, 6.45) is 14.6. The highest BCUT2D eigenvalue weighted by molar-refractivity contribution is 5.83. The molecule has 1 aliphatic heterocycles. The van der Waals surface area contributed by atoms with Gasteiger partial charge >= 0.3 is 0 Å². The van der Waals surface area contributed by atoms with Crippen LogP contribution in [0.15, 0.2) is 41.4 Å². The minimum Gasteiger partial charge on any atom is -0.362 e. The quantitative estimate of drug-likeness (QED) is 0.641. The molecule has 0 spiro atoms. The average molecular weight is 204 g/mol. The second-order valence-corrected chi connectivity index (χ2v) is 3.55. The van der Waals surface area contributed by atoms with Crippen molar-refractivity contribution in [2.45, 2.75) is 19.8 Å². The van der Waals surface area contributed by atoms with Crippen LogP contribution in [0, 0.1) is 0 Å². The first-order chi connectivity index (χ1) is 7.34. The summed E-state index contributed by atoms with van der Waals surface area (Å²) in [6.45, 7) is 4.25. The molecule has 0 aromatic rings. The first-order valence-electron chi connectivity index (χ1n) is 5.57. The zero-order valence-electron chi connectivity index (χ0n) is 9.69. The maximum Gasteiger partial charge on any atom is 0.0984 e. The molecule has 2 nitrogen and oxygen atoms in total. The van der Waals surface area contributed by atoms with Crippen molar-refractivity contribution in [1.29, 1.82) is 0 Å². The van der Waals surface area contributed by atoms with Crippen molar-refractivity contribution in [1.82, 2.24) is 4.90 Å². The van der Waals surface area contributed by atoms with Crippen molar-refractivity contribution in [2.24, 2.45) is 4.99 Å². The van der Waals surface area contributed by atoms with Crippen molar-refractivity contribution < 1.29 is 0 Å². The summed E-state index contributed by atoms with van der Waals surface area (Å²) in [4.78, 5) is 6.49. The molecule has 1 heterocycles. The summed E-state index contributed by atoms with van der Waals surface area (Å²) in [6, 6.07) is 0. The van der Waals surface area contributed by atoms with Gasteiger partial charge in [0.05, 0.1) is 12.4 Å². The summed E-state index contributed by atoms with van der Waals surface area (Å²) < 4.78 is 0. The smallest absolute Gasteiger partial charge is 0.0984 e. The predicted molar refractivity (Wildman–Crippen MR) is 67.3 cm³/mol. The Labute approximate surface area is 92.7 Å². The molecule has 82 valence electrons. The third-order valence-corrected chi connectivity index (χ3v) is 2.36. The van der Waals surface area contributed by atoms with Crippen LogP contribution >= 0.6 is 0 Å². The third kappa shape index (κ3) is 4.63. The van der Waals surface area contributed by atoms with Crippen molar-refractivity contribution in [2.75, 3.05) is 20.1 Å². The van der Waals surface area contributed by atoms with Gasteiger partial charge in [0, 0.05) is 20.0 Å². The Bertz CT molecular complexity index is 271. The second-order valence-electron chi connectivity index (χ2n) is 3.55. The van der Waals surface area contributed by atoms with Crippen molar-refractivity contribution >= 4 is 5.84 Å². The van der Waals surface area contributed by atoms with E-state index in [2.05, 4.69) is 48.2 Å². The Hall–Kier alpha value is -1.31. The number of allylic oxidation sites excluding steroid dienone is 6. The molecule has 1 aliphatic carbocycles. The van der Waals surface area contributed by atoms with Crippen LogP contribution in [0.2, 0.25) is 0 Å². The van der Waals surface area contributed by atoms with E-state index < -0.39 is 0 Å². The fourth-order valence-corrected chi connectivity index (χ4v) is 1.48. The molecule has 0 amide bonds. The molecular weight excluding hydrogens is 184 g/mol. The predicted octanol–water partition coefficient (Wildman–Crippen LogP) is 2.80. The maximum absolute atomic E-state index is 4.28. The normalized spacial score (nSPS) is 18.3. The molecular formula is C13H20N2. The monoisotopic (exact) mass is 204 g/mol. The maximum atomic E-state index is 4.28. The van der Waals surface area contributed by atoms with E-state index in [0.717, 1.165) is 25.9 Å². The van der Waals surface area contributed by atoms with Gasteiger partial charge in [-0.3, -0.25) is 4.99 Å². The number of hydrogen-bond acceptors (Lipinski definition) is 2. The highest BCUT2D eigenvalue weighted by Crippen LogP contribution is 1.99. The minimum atomic E-state index is 1.000. The molecule has 0 N–H and O–H groups in total. The first-order valence-corrected chi connectivity index (χ1v) is 5.57. The molecule has 0 aromatic heterocycles. The number of nitrogens with zero attached hydrogens (tertiary/aromatic N) is 2. The van der Waals surface area contributed by atoms with Gasteiger partial charge in [0.15, 0.2) is 0 Å². The average Bonchev–Trinajstić information content (AvgIpc) is 2.53. The van der Waals surface area contributed by atoms with Gasteiger partial charge in [-0.2, -0.15) is 0 Å². The molecule has 15 heavy (non-hydrogen) atoms. The highest BCUT2D eigenvalue weighted by Gasteiger charge is 2.07. The van der Waals surface area contributed by atoms with E-state index in [1.807, 2.05) is 12.2 Å². The Morgan fingerprint density at radius 3 is 2.27 bits per heavy atom. The van der Waals surface area contributed by atoms with E-state index in [9.17, 15) is 0 Å². The summed E-state index contributed by atoms with van der Waals surface area (Å²) in [5, 5.41) is 0. The van der Waals surface area contributed by atoms with Gasteiger partial charge in [-0.25, -0.2) is 0 Å². The standard InChI is InChI=1S/C7H8.C6H12N2/c1-2-4-6-7-5-3-1;1-3-6-7-4-5-8(6)2/h1-6H,7H2;3-5H2,1-2H3. The van der Waals surface area contributed by atoms with E-state index in [1.165, 1.54) is 5.84 Å². The lowest BCUT2D eigenvalue weighted by atomic mass is 10.4. The molecule has 0 saturated carbocycles. The van der Waals surface area contributed by atoms with E-state index in [4.69, 9.17) is 0 Å². The van der Waals surface area contributed by atoms with Crippen LogP contribution in [-0.2, 0) is 0 Å². The third-order valence-electron chi connectivity index (χ3n) is 2.36. The van der Waals surface area contributed by atoms with Crippen LogP contribution in [-0.4, -0.2) is 30.9 Å². The number of hydrogen-bond donors (Lipinski definition) is 0. The van der Waals surface area contributed by atoms with Gasteiger partial charge in [-0.05, 0) is 6.42 Å². The summed E-state index contributed by atoms with van der Waals surface area (Å²) in [5.74, 6) is 1.25. The number of aliphatic imine (C=N–C) groups is 1. The Kier molecular flexibility index (Phi) is 5.52. The lowest BCUT2D eigenvalue weighted by Gasteiger charge is -2.10. The minimum absolute atomic E-state index is 1.000. The summed E-state index contributed by atoms with van der Waals surface area (Å²) >= 11 is 0. The van der Waals surface area contributed by atoms with Gasteiger partial charge in [0.25, 0.3) is 0 Å². The van der Waals surface area contributed by atoms with E-state index in [1.54, 1.807) is 0 Å². The molecule has 0 saturated heterocycles. The van der Waals surface area contributed by atoms with Gasteiger partial charge in [-0.1, -0.05) is 43.4 Å². The zero-order chi connectivity index (χ0) is 10.9. The van der Waals surface area contributed by atoms with Crippen LogP contribution in [0.5, 0.6) is 0 Å². The molecule has 0 bridgehead atoms. The van der Waals surface area contributed by atoms with Crippen LogP contribution in [0.3, 0.4) is 0 Å². The van der Waals surface area contributed by atoms with Crippen molar-refractivity contribution in [3.8, 4) is 0 Å². The van der Waals surface area contributed by atoms with Gasteiger partial charge in [0.1, 0.15) is 0 Å². The zero-order valence-corrected chi connectivity index (χ0v) is 9.69. The molecule has 2 heteroatoms. The fourth-order valence-electron chi connectivity index (χ4n) is 1.48. The number of likely N-dealkylation sites (N-methyl/N-ethyl adjacent to an activating group) is 1. The van der Waals surface area contributed by atoms with Gasteiger partial charge in [-0.15, -0.1) is 0 Å². The Balaban J connectivity index is 0.000000151. The highest BCUT2D eigenvalue weighted by atomic mass is 15.2. The van der Waals surface area contributed by atoms with Crippen LogP contribution in [0.1, 0.15) is 19.8 Å². The van der Waals surface area contributed by atoms with Crippen molar-refractivity contribution in [3.63, 3.8) is 0 Å². The van der Waals surface area contributed by atoms with E-state index >= 15 is 0 Å². The number of amidine groups is 1. The molecule has 2 rings (SSSR count). The molecule has 0 aromatic carbocycles. The summed E-state index contributed by atoms with van der Waals surface area (Å²) in [7, 11) is 2.09. The Morgan fingerprint density at radius 2 is 1.87 bits per heavy atom. The van der Waals surface area contributed by atoms with E-state index in [-0.39, 0.29) is 0 Å². The SMILES string of the molecule is C1=CC=CCC=C1.CCC1=NCCN1C. The first kappa shape index (κ1) is 11.8. The largest absolute Gasteiger partial charge is 0.362 e. The van der Waals surface area contributed by atoms with Crippen LogP contribution in [0.25, 0.3) is 0 Å². The molecule has 0 atom stereocenters. The second kappa shape index (κ2) is 7.04. The van der Waals surface area contributed by atoms with Crippen LogP contribution < -0.4 is 0 Å². The Morgan fingerprint density at radius 1 is 1.20 bits per heavy atom. The van der Waals surface area contributed by atoms with Crippen LogP contribution in [0.4, 0.5) is 0 Å². The topological polar surface area (TPSA) is 15.6 Å². The van der Waals surface area contributed by atoms with Gasteiger partial charge in [0.2, 0.25) is 0 Å². The van der Waals surface area contributed by atoms with E-state index in [0.29, 0.717) is 0 Å². The summed E-state index contributed by atoms with van der Waals surface area (Å²) in [5.41, 5.74) is 0. The molecule has 0 fully saturated rings. The molecule has 0 unspecified atom stereocenters.